The summed E-state index contributed by atoms with van der Waals surface area (Å²) < 4.78 is 16.7. The van der Waals surface area contributed by atoms with E-state index in [0.29, 0.717) is 6.54 Å². The fourth-order valence-electron chi connectivity index (χ4n) is 4.50. The van der Waals surface area contributed by atoms with Crippen molar-refractivity contribution in [1.29, 1.82) is 0 Å². The summed E-state index contributed by atoms with van der Waals surface area (Å²) in [5.41, 5.74) is 1.87. The molecule has 5 nitrogen and oxygen atoms in total. The van der Waals surface area contributed by atoms with E-state index in [2.05, 4.69) is 35.4 Å². The zero-order chi connectivity index (χ0) is 15.6. The predicted molar refractivity (Wildman–Crippen MR) is 83.1 cm³/mol. The van der Waals surface area contributed by atoms with Crippen molar-refractivity contribution in [1.82, 2.24) is 4.90 Å². The standard InChI is InChI=1S/C18H19NO4/c1-21-12-3-2-11-4-5-19-9-15(20)13-6-16-17(23-10-22-16)7-14(13)18(11,19)8-12/h2-7,11-12,15,20H,8-10H2,1H3/t11-,12-,15-,18-/m0/s1. The molecule has 4 atom stereocenters. The number of aliphatic hydroxyl groups excluding tert-OH is 1. The van der Waals surface area contributed by atoms with Crippen molar-refractivity contribution in [3.8, 4) is 11.5 Å². The van der Waals surface area contributed by atoms with Crippen molar-refractivity contribution >= 4 is 0 Å². The third-order valence-corrected chi connectivity index (χ3v) is 5.63. The van der Waals surface area contributed by atoms with Gasteiger partial charge >= 0.3 is 0 Å². The van der Waals surface area contributed by atoms with Gasteiger partial charge in [-0.15, -0.1) is 0 Å². The minimum Gasteiger partial charge on any atom is -0.454 e. The molecule has 5 heteroatoms. The highest BCUT2D eigenvalue weighted by Crippen LogP contribution is 2.55. The highest BCUT2D eigenvalue weighted by molar-refractivity contribution is 5.55. The molecule has 0 bridgehead atoms. The molecule has 1 N–H and O–H groups in total. The number of aliphatic hydroxyl groups is 1. The first kappa shape index (κ1) is 13.5. The molecule has 4 aliphatic rings. The maximum absolute atomic E-state index is 10.6. The number of fused-ring (bicyclic) bond motifs is 2. The molecule has 1 aliphatic carbocycles. The maximum Gasteiger partial charge on any atom is 0.231 e. The first-order valence-corrected chi connectivity index (χ1v) is 8.00. The van der Waals surface area contributed by atoms with Gasteiger partial charge in [0.1, 0.15) is 0 Å². The third-order valence-electron chi connectivity index (χ3n) is 5.63. The summed E-state index contributed by atoms with van der Waals surface area (Å²) in [5, 5.41) is 10.6. The Labute approximate surface area is 134 Å². The number of nitrogens with zero attached hydrogens (tertiary/aromatic N) is 1. The van der Waals surface area contributed by atoms with Gasteiger partial charge in [0, 0.05) is 26.0 Å². The molecule has 0 aromatic heterocycles. The Hall–Kier alpha value is -1.98. The van der Waals surface area contributed by atoms with Gasteiger partial charge in [0.15, 0.2) is 11.5 Å². The second-order valence-electron chi connectivity index (χ2n) is 6.62. The van der Waals surface area contributed by atoms with Crippen molar-refractivity contribution in [2.45, 2.75) is 24.2 Å². The number of hydrogen-bond donors (Lipinski definition) is 1. The first-order valence-electron chi connectivity index (χ1n) is 8.00. The summed E-state index contributed by atoms with van der Waals surface area (Å²) in [6, 6.07) is 4.00. The van der Waals surface area contributed by atoms with Crippen molar-refractivity contribution in [3.63, 3.8) is 0 Å². The summed E-state index contributed by atoms with van der Waals surface area (Å²) in [5.74, 6) is 1.77. The predicted octanol–water partition coefficient (Wildman–Crippen LogP) is 2.08. The fourth-order valence-corrected chi connectivity index (χ4v) is 4.50. The van der Waals surface area contributed by atoms with E-state index in [0.717, 1.165) is 29.0 Å². The molecular weight excluding hydrogens is 294 g/mol. The topological polar surface area (TPSA) is 51.2 Å². The Kier molecular flexibility index (Phi) is 2.65. The zero-order valence-electron chi connectivity index (χ0n) is 12.9. The minimum absolute atomic E-state index is 0.0714. The van der Waals surface area contributed by atoms with Gasteiger partial charge in [0.2, 0.25) is 6.79 Å². The van der Waals surface area contributed by atoms with Gasteiger partial charge in [-0.3, -0.25) is 0 Å². The van der Waals surface area contributed by atoms with Crippen molar-refractivity contribution in [3.05, 3.63) is 47.7 Å². The van der Waals surface area contributed by atoms with E-state index < -0.39 is 6.10 Å². The van der Waals surface area contributed by atoms with Crippen molar-refractivity contribution < 1.29 is 19.3 Å². The van der Waals surface area contributed by atoms with E-state index in [1.165, 1.54) is 0 Å². The van der Waals surface area contributed by atoms with E-state index >= 15 is 0 Å². The maximum atomic E-state index is 10.6. The SMILES string of the molecule is CO[C@H]1C=C[C@H]2C=CN3C[C@H](O)c4cc5c(cc4[C@]23C1)OCO5. The van der Waals surface area contributed by atoms with Gasteiger partial charge < -0.3 is 24.2 Å². The van der Waals surface area contributed by atoms with Gasteiger partial charge in [-0.25, -0.2) is 0 Å². The van der Waals surface area contributed by atoms with Crippen LogP contribution in [0.1, 0.15) is 23.7 Å². The highest BCUT2D eigenvalue weighted by Gasteiger charge is 2.53. The van der Waals surface area contributed by atoms with Crippen LogP contribution in [-0.2, 0) is 10.3 Å². The smallest absolute Gasteiger partial charge is 0.231 e. The number of rotatable bonds is 1. The number of benzene rings is 1. The van der Waals surface area contributed by atoms with Gasteiger partial charge in [0.05, 0.1) is 17.7 Å². The van der Waals surface area contributed by atoms with E-state index in [1.807, 2.05) is 6.07 Å². The molecular formula is C18H19NO4. The van der Waals surface area contributed by atoms with Crippen LogP contribution in [0.15, 0.2) is 36.6 Å². The normalized spacial score (nSPS) is 35.9. The van der Waals surface area contributed by atoms with Gasteiger partial charge in [0.25, 0.3) is 0 Å². The largest absolute Gasteiger partial charge is 0.454 e. The molecule has 0 amide bonds. The Balaban J connectivity index is 1.73. The second-order valence-corrected chi connectivity index (χ2v) is 6.62. The molecule has 1 aromatic rings. The molecule has 1 aromatic carbocycles. The molecule has 23 heavy (non-hydrogen) atoms. The summed E-state index contributed by atoms with van der Waals surface area (Å²) in [4.78, 5) is 2.27. The fraction of sp³-hybridized carbons (Fsp3) is 0.444. The molecule has 120 valence electrons. The molecule has 3 heterocycles. The van der Waals surface area contributed by atoms with E-state index in [-0.39, 0.29) is 24.4 Å². The lowest BCUT2D eigenvalue weighted by Gasteiger charge is -2.51. The highest BCUT2D eigenvalue weighted by atomic mass is 16.7. The summed E-state index contributed by atoms with van der Waals surface area (Å²) in [7, 11) is 1.75. The number of methoxy groups -OCH3 is 1. The van der Waals surface area contributed by atoms with Crippen LogP contribution in [-0.4, -0.2) is 36.6 Å². The van der Waals surface area contributed by atoms with Crippen molar-refractivity contribution in [2.75, 3.05) is 20.4 Å². The van der Waals surface area contributed by atoms with Crippen LogP contribution in [0.4, 0.5) is 0 Å². The Bertz CT molecular complexity index is 728. The van der Waals surface area contributed by atoms with Gasteiger partial charge in [-0.1, -0.05) is 18.2 Å². The molecule has 0 fully saturated rings. The lowest BCUT2D eigenvalue weighted by Crippen LogP contribution is -2.53. The van der Waals surface area contributed by atoms with E-state index in [9.17, 15) is 5.11 Å². The summed E-state index contributed by atoms with van der Waals surface area (Å²) in [6.45, 7) is 0.831. The van der Waals surface area contributed by atoms with Crippen LogP contribution >= 0.6 is 0 Å². The molecule has 0 radical (unpaired) electrons. The van der Waals surface area contributed by atoms with E-state index in [1.54, 1.807) is 7.11 Å². The molecule has 0 saturated carbocycles. The van der Waals surface area contributed by atoms with Crippen LogP contribution in [0.25, 0.3) is 0 Å². The Morgan fingerprint density at radius 2 is 2.04 bits per heavy atom. The van der Waals surface area contributed by atoms with E-state index in [4.69, 9.17) is 14.2 Å². The lowest BCUT2D eigenvalue weighted by molar-refractivity contribution is -0.00290. The monoisotopic (exact) mass is 313 g/mol. The number of ether oxygens (including phenoxy) is 3. The Morgan fingerprint density at radius 3 is 2.87 bits per heavy atom. The molecule has 1 spiro atoms. The van der Waals surface area contributed by atoms with Crippen LogP contribution in [0, 0.1) is 5.92 Å². The van der Waals surface area contributed by atoms with Crippen LogP contribution < -0.4 is 9.47 Å². The minimum atomic E-state index is -0.527. The molecule has 0 unspecified atom stereocenters. The molecule has 0 saturated heterocycles. The van der Waals surface area contributed by atoms with Crippen LogP contribution in [0.5, 0.6) is 11.5 Å². The molecule has 5 rings (SSSR count). The molecule has 3 aliphatic heterocycles. The quantitative estimate of drug-likeness (QED) is 0.805. The summed E-state index contributed by atoms with van der Waals surface area (Å²) in [6.07, 6.45) is 9.10. The third kappa shape index (κ3) is 1.64. The number of hydrogen-bond acceptors (Lipinski definition) is 5. The second kappa shape index (κ2) is 4.52. The van der Waals surface area contributed by atoms with Crippen LogP contribution in [0.2, 0.25) is 0 Å². The van der Waals surface area contributed by atoms with Crippen LogP contribution in [0.3, 0.4) is 0 Å². The van der Waals surface area contributed by atoms with Gasteiger partial charge in [-0.2, -0.15) is 0 Å². The van der Waals surface area contributed by atoms with Gasteiger partial charge in [-0.05, 0) is 29.5 Å². The average Bonchev–Trinajstić information content (AvgIpc) is 3.17. The Morgan fingerprint density at radius 1 is 1.22 bits per heavy atom. The summed E-state index contributed by atoms with van der Waals surface area (Å²) >= 11 is 0. The zero-order valence-corrected chi connectivity index (χ0v) is 12.9. The average molecular weight is 313 g/mol. The lowest BCUT2D eigenvalue weighted by atomic mass is 9.68. The first-order chi connectivity index (χ1) is 11.2. The van der Waals surface area contributed by atoms with Crippen molar-refractivity contribution in [2.24, 2.45) is 5.92 Å².